The Hall–Kier alpha value is -1.78. The van der Waals surface area contributed by atoms with E-state index in [0.29, 0.717) is 17.0 Å². The van der Waals surface area contributed by atoms with E-state index in [9.17, 15) is 9.59 Å². The van der Waals surface area contributed by atoms with Gasteiger partial charge in [0.15, 0.2) is 0 Å². The number of amides is 1. The van der Waals surface area contributed by atoms with Gasteiger partial charge in [0.1, 0.15) is 12.2 Å². The van der Waals surface area contributed by atoms with E-state index in [-0.39, 0.29) is 24.1 Å². The molecule has 2 rings (SSSR count). The van der Waals surface area contributed by atoms with Gasteiger partial charge in [-0.05, 0) is 25.7 Å². The fourth-order valence-electron chi connectivity index (χ4n) is 3.20. The lowest BCUT2D eigenvalue weighted by Crippen LogP contribution is -2.42. The number of furan rings is 1. The van der Waals surface area contributed by atoms with Crippen molar-refractivity contribution < 1.29 is 19.1 Å². The zero-order valence-electron chi connectivity index (χ0n) is 12.6. The summed E-state index contributed by atoms with van der Waals surface area (Å²) in [5.41, 5.74) is 1.07. The molecule has 1 saturated carbocycles. The third-order valence-corrected chi connectivity index (χ3v) is 4.34. The molecule has 2 unspecified atom stereocenters. The molecule has 0 bridgehead atoms. The normalized spacial score (nSPS) is 22.0. The number of carbonyl (C=O) groups excluding carboxylic acids is 1. The summed E-state index contributed by atoms with van der Waals surface area (Å²) in [6.07, 6.45) is 6.73. The highest BCUT2D eigenvalue weighted by molar-refractivity contribution is 5.97. The molecule has 0 aromatic carbocycles. The van der Waals surface area contributed by atoms with Crippen LogP contribution in [0.25, 0.3) is 0 Å². The number of carboxylic acids is 1. The monoisotopic (exact) mass is 293 g/mol. The minimum atomic E-state index is -0.998. The molecule has 1 aromatic heterocycles. The average Bonchev–Trinajstić information content (AvgIpc) is 2.79. The first-order valence-corrected chi connectivity index (χ1v) is 7.62. The van der Waals surface area contributed by atoms with Gasteiger partial charge in [0.2, 0.25) is 0 Å². The standard InChI is InChI=1S/C16H23NO4/c1-3-11-6-4-5-7-12(11)17-16(20)15-10(2)9-21-13(15)8-14(18)19/h9,11-12H,3-8H2,1-2H3,(H,17,20)(H,18,19). The third-order valence-electron chi connectivity index (χ3n) is 4.34. The molecule has 1 amide bonds. The van der Waals surface area contributed by atoms with Crippen LogP contribution in [-0.4, -0.2) is 23.0 Å². The highest BCUT2D eigenvalue weighted by Crippen LogP contribution is 2.27. The van der Waals surface area contributed by atoms with E-state index in [0.717, 1.165) is 25.7 Å². The number of aryl methyl sites for hydroxylation is 1. The van der Waals surface area contributed by atoms with Crippen molar-refractivity contribution in [1.29, 1.82) is 0 Å². The van der Waals surface area contributed by atoms with Crippen LogP contribution in [-0.2, 0) is 11.2 Å². The fraction of sp³-hybridized carbons (Fsp3) is 0.625. The van der Waals surface area contributed by atoms with Gasteiger partial charge in [0.05, 0.1) is 11.8 Å². The maximum atomic E-state index is 12.5. The van der Waals surface area contributed by atoms with Crippen LogP contribution < -0.4 is 5.32 Å². The summed E-state index contributed by atoms with van der Waals surface area (Å²) < 4.78 is 5.23. The van der Waals surface area contributed by atoms with Gasteiger partial charge < -0.3 is 14.8 Å². The highest BCUT2D eigenvalue weighted by Gasteiger charge is 2.28. The number of hydrogen-bond acceptors (Lipinski definition) is 3. The molecular formula is C16H23NO4. The molecular weight excluding hydrogens is 270 g/mol. The molecule has 116 valence electrons. The van der Waals surface area contributed by atoms with Gasteiger partial charge in [-0.1, -0.05) is 26.2 Å². The second kappa shape index (κ2) is 6.78. The van der Waals surface area contributed by atoms with Crippen LogP contribution >= 0.6 is 0 Å². The average molecular weight is 293 g/mol. The Morgan fingerprint density at radius 2 is 2.10 bits per heavy atom. The second-order valence-electron chi connectivity index (χ2n) is 5.82. The van der Waals surface area contributed by atoms with Gasteiger partial charge in [-0.25, -0.2) is 0 Å². The van der Waals surface area contributed by atoms with Crippen molar-refractivity contribution in [2.24, 2.45) is 5.92 Å². The predicted octanol–water partition coefficient (Wildman–Crippen LogP) is 2.91. The van der Waals surface area contributed by atoms with Gasteiger partial charge in [0, 0.05) is 11.6 Å². The van der Waals surface area contributed by atoms with E-state index in [1.54, 1.807) is 6.92 Å². The maximum absolute atomic E-state index is 12.5. The summed E-state index contributed by atoms with van der Waals surface area (Å²) in [7, 11) is 0. The minimum absolute atomic E-state index is 0.184. The SMILES string of the molecule is CCC1CCCCC1NC(=O)c1c(C)coc1CC(=O)O. The zero-order chi connectivity index (χ0) is 15.4. The molecule has 2 atom stereocenters. The van der Waals surface area contributed by atoms with Gasteiger partial charge in [-0.3, -0.25) is 9.59 Å². The van der Waals surface area contributed by atoms with E-state index in [4.69, 9.17) is 9.52 Å². The Morgan fingerprint density at radius 3 is 2.76 bits per heavy atom. The smallest absolute Gasteiger partial charge is 0.311 e. The number of rotatable bonds is 5. The summed E-state index contributed by atoms with van der Waals surface area (Å²) in [6.45, 7) is 3.91. The first-order valence-electron chi connectivity index (χ1n) is 7.62. The van der Waals surface area contributed by atoms with Crippen LogP contribution in [0.2, 0.25) is 0 Å². The fourth-order valence-corrected chi connectivity index (χ4v) is 3.20. The van der Waals surface area contributed by atoms with E-state index in [2.05, 4.69) is 12.2 Å². The van der Waals surface area contributed by atoms with Crippen LogP contribution in [0.5, 0.6) is 0 Å². The Kier molecular flexibility index (Phi) is 5.04. The van der Waals surface area contributed by atoms with Crippen LogP contribution in [0.1, 0.15) is 60.7 Å². The molecule has 0 radical (unpaired) electrons. The van der Waals surface area contributed by atoms with Crippen LogP contribution in [0, 0.1) is 12.8 Å². The second-order valence-corrected chi connectivity index (χ2v) is 5.82. The topological polar surface area (TPSA) is 79.5 Å². The summed E-state index contributed by atoms with van der Waals surface area (Å²) >= 11 is 0. The molecule has 5 nitrogen and oxygen atoms in total. The van der Waals surface area contributed by atoms with E-state index in [1.165, 1.54) is 12.7 Å². The Balaban J connectivity index is 2.12. The van der Waals surface area contributed by atoms with Crippen LogP contribution in [0.3, 0.4) is 0 Å². The van der Waals surface area contributed by atoms with Crippen molar-refractivity contribution in [3.8, 4) is 0 Å². The van der Waals surface area contributed by atoms with Crippen molar-refractivity contribution in [3.63, 3.8) is 0 Å². The third kappa shape index (κ3) is 3.65. The summed E-state index contributed by atoms with van der Waals surface area (Å²) in [5.74, 6) is -0.454. The van der Waals surface area contributed by atoms with Crippen molar-refractivity contribution in [2.45, 2.75) is 58.4 Å². The van der Waals surface area contributed by atoms with Gasteiger partial charge in [0.25, 0.3) is 5.91 Å². The summed E-state index contributed by atoms with van der Waals surface area (Å²) in [5, 5.41) is 12.0. The summed E-state index contributed by atoms with van der Waals surface area (Å²) in [6, 6.07) is 0.184. The number of aliphatic carboxylic acids is 1. The van der Waals surface area contributed by atoms with Crippen molar-refractivity contribution in [2.75, 3.05) is 0 Å². The largest absolute Gasteiger partial charge is 0.481 e. The first-order chi connectivity index (χ1) is 10.0. The molecule has 2 N–H and O–H groups in total. The zero-order valence-corrected chi connectivity index (χ0v) is 12.6. The number of carboxylic acid groups (broad SMARTS) is 1. The van der Waals surface area contributed by atoms with E-state index >= 15 is 0 Å². The maximum Gasteiger partial charge on any atom is 0.311 e. The molecule has 1 aliphatic rings. The lowest BCUT2D eigenvalue weighted by molar-refractivity contribution is -0.136. The van der Waals surface area contributed by atoms with Crippen molar-refractivity contribution in [3.05, 3.63) is 23.2 Å². The van der Waals surface area contributed by atoms with Gasteiger partial charge in [-0.2, -0.15) is 0 Å². The molecule has 0 spiro atoms. The minimum Gasteiger partial charge on any atom is -0.481 e. The first kappa shape index (κ1) is 15.6. The molecule has 1 aliphatic carbocycles. The van der Waals surface area contributed by atoms with Crippen LogP contribution in [0.15, 0.2) is 10.7 Å². The van der Waals surface area contributed by atoms with Crippen molar-refractivity contribution >= 4 is 11.9 Å². The Morgan fingerprint density at radius 1 is 1.38 bits per heavy atom. The van der Waals surface area contributed by atoms with Gasteiger partial charge >= 0.3 is 5.97 Å². The quantitative estimate of drug-likeness (QED) is 0.874. The Labute approximate surface area is 124 Å². The summed E-state index contributed by atoms with van der Waals surface area (Å²) in [4.78, 5) is 23.3. The Bertz CT molecular complexity index is 520. The molecule has 0 aliphatic heterocycles. The molecule has 1 fully saturated rings. The van der Waals surface area contributed by atoms with Gasteiger partial charge in [-0.15, -0.1) is 0 Å². The molecule has 1 aromatic rings. The predicted molar refractivity (Wildman–Crippen MR) is 78.3 cm³/mol. The number of hydrogen-bond donors (Lipinski definition) is 2. The van der Waals surface area contributed by atoms with E-state index < -0.39 is 5.97 Å². The number of carbonyl (C=O) groups is 2. The lowest BCUT2D eigenvalue weighted by atomic mass is 9.82. The highest BCUT2D eigenvalue weighted by atomic mass is 16.4. The van der Waals surface area contributed by atoms with E-state index in [1.807, 2.05) is 0 Å². The number of nitrogens with one attached hydrogen (secondary N) is 1. The lowest BCUT2D eigenvalue weighted by Gasteiger charge is -2.31. The molecule has 5 heteroatoms. The molecule has 1 heterocycles. The van der Waals surface area contributed by atoms with Crippen LogP contribution in [0.4, 0.5) is 0 Å². The molecule has 0 saturated heterocycles. The van der Waals surface area contributed by atoms with Crippen molar-refractivity contribution in [1.82, 2.24) is 5.32 Å². The molecule has 21 heavy (non-hydrogen) atoms.